The third-order valence-electron chi connectivity index (χ3n) is 4.64. The molecule has 0 radical (unpaired) electrons. The van der Waals surface area contributed by atoms with Gasteiger partial charge in [0.1, 0.15) is 5.15 Å². The van der Waals surface area contributed by atoms with Crippen LogP contribution in [0.4, 0.5) is 0 Å². The molecule has 0 unspecified atom stereocenters. The lowest BCUT2D eigenvalue weighted by Crippen LogP contribution is -2.05. The van der Waals surface area contributed by atoms with E-state index in [0.717, 1.165) is 27.8 Å². The summed E-state index contributed by atoms with van der Waals surface area (Å²) in [5.41, 5.74) is 5.23. The zero-order valence-electron chi connectivity index (χ0n) is 12.8. The molecule has 1 fully saturated rings. The van der Waals surface area contributed by atoms with Crippen LogP contribution in [-0.2, 0) is 0 Å². The first kappa shape index (κ1) is 14.2. The first-order chi connectivity index (χ1) is 10.7. The average molecular weight is 332 g/mol. The first-order valence-corrected chi connectivity index (χ1v) is 9.01. The molecule has 0 saturated heterocycles. The molecule has 0 spiro atoms. The van der Waals surface area contributed by atoms with Gasteiger partial charge in [-0.15, -0.1) is 11.3 Å². The summed E-state index contributed by atoms with van der Waals surface area (Å²) in [5, 5.41) is 7.50. The van der Waals surface area contributed by atoms with E-state index in [9.17, 15) is 0 Å². The fraction of sp³-hybridized carbons (Fsp3) is 0.412. The molecule has 4 rings (SSSR count). The molecular formula is C17H18ClN3S. The van der Waals surface area contributed by atoms with Gasteiger partial charge in [0.15, 0.2) is 5.65 Å². The number of hydrogen-bond acceptors (Lipinski definition) is 3. The maximum atomic E-state index is 6.74. The summed E-state index contributed by atoms with van der Waals surface area (Å²) in [6.45, 7) is 4.12. The second kappa shape index (κ2) is 5.36. The van der Waals surface area contributed by atoms with Crippen molar-refractivity contribution in [2.75, 3.05) is 0 Å². The highest BCUT2D eigenvalue weighted by Gasteiger charge is 2.26. The van der Waals surface area contributed by atoms with Crippen LogP contribution in [0.2, 0.25) is 5.15 Å². The normalized spacial score (nSPS) is 16.0. The predicted octanol–water partition coefficient (Wildman–Crippen LogP) is 5.39. The van der Waals surface area contributed by atoms with Crippen LogP contribution in [0.1, 0.15) is 48.6 Å². The van der Waals surface area contributed by atoms with Gasteiger partial charge in [-0.3, -0.25) is 0 Å². The molecule has 0 aromatic carbocycles. The molecule has 3 heterocycles. The summed E-state index contributed by atoms with van der Waals surface area (Å²) < 4.78 is 1.84. The molecule has 22 heavy (non-hydrogen) atoms. The third-order valence-corrected chi connectivity index (χ3v) is 5.89. The standard InChI is InChI=1S/C17H18ClN3S/c1-10-14(12-6-3-4-7-12)16(18)21-17(19-10)15(11(2)20-21)13-8-5-9-22-13/h5,8-9,12H,3-4,6-7H2,1-2H3. The molecule has 0 N–H and O–H groups in total. The largest absolute Gasteiger partial charge is 0.233 e. The Morgan fingerprint density at radius 3 is 2.68 bits per heavy atom. The van der Waals surface area contributed by atoms with E-state index in [2.05, 4.69) is 29.5 Å². The molecule has 0 aliphatic heterocycles. The average Bonchev–Trinajstić information content (AvgIpc) is 3.18. The van der Waals surface area contributed by atoms with E-state index in [1.807, 2.05) is 11.4 Å². The van der Waals surface area contributed by atoms with Gasteiger partial charge in [-0.05, 0) is 44.1 Å². The number of fused-ring (bicyclic) bond motifs is 1. The van der Waals surface area contributed by atoms with Crippen molar-refractivity contribution in [1.82, 2.24) is 14.6 Å². The van der Waals surface area contributed by atoms with Gasteiger partial charge in [0.2, 0.25) is 0 Å². The van der Waals surface area contributed by atoms with Crippen LogP contribution in [-0.4, -0.2) is 14.6 Å². The van der Waals surface area contributed by atoms with E-state index in [1.54, 1.807) is 11.3 Å². The van der Waals surface area contributed by atoms with Crippen molar-refractivity contribution >= 4 is 28.6 Å². The van der Waals surface area contributed by atoms with Crippen molar-refractivity contribution in [1.29, 1.82) is 0 Å². The minimum atomic E-state index is 0.541. The highest BCUT2D eigenvalue weighted by molar-refractivity contribution is 7.13. The molecule has 0 amide bonds. The van der Waals surface area contributed by atoms with Gasteiger partial charge in [-0.1, -0.05) is 30.5 Å². The van der Waals surface area contributed by atoms with Gasteiger partial charge < -0.3 is 0 Å². The zero-order chi connectivity index (χ0) is 15.3. The van der Waals surface area contributed by atoms with Gasteiger partial charge in [0, 0.05) is 16.1 Å². The number of nitrogens with zero attached hydrogens (tertiary/aromatic N) is 3. The second-order valence-electron chi connectivity index (χ2n) is 6.06. The maximum Gasteiger partial charge on any atom is 0.165 e. The molecule has 1 aliphatic carbocycles. The molecule has 1 saturated carbocycles. The fourth-order valence-corrected chi connectivity index (χ4v) is 4.85. The maximum absolute atomic E-state index is 6.74. The molecule has 3 aromatic heterocycles. The molecule has 114 valence electrons. The molecular weight excluding hydrogens is 314 g/mol. The summed E-state index contributed by atoms with van der Waals surface area (Å²) in [6, 6.07) is 4.18. The van der Waals surface area contributed by atoms with E-state index >= 15 is 0 Å². The minimum absolute atomic E-state index is 0.541. The summed E-state index contributed by atoms with van der Waals surface area (Å²) >= 11 is 8.45. The van der Waals surface area contributed by atoms with Crippen molar-refractivity contribution in [3.8, 4) is 10.4 Å². The molecule has 3 aromatic rings. The van der Waals surface area contributed by atoms with E-state index in [1.165, 1.54) is 36.1 Å². The summed E-state index contributed by atoms with van der Waals surface area (Å²) in [4.78, 5) is 6.08. The van der Waals surface area contributed by atoms with Crippen molar-refractivity contribution in [3.05, 3.63) is 39.6 Å². The van der Waals surface area contributed by atoms with Crippen LogP contribution in [0.15, 0.2) is 17.5 Å². The van der Waals surface area contributed by atoms with Crippen LogP contribution < -0.4 is 0 Å². The van der Waals surface area contributed by atoms with Gasteiger partial charge in [-0.25, -0.2) is 9.50 Å². The van der Waals surface area contributed by atoms with Crippen LogP contribution in [0.25, 0.3) is 16.1 Å². The Morgan fingerprint density at radius 2 is 2.00 bits per heavy atom. The number of aromatic nitrogens is 3. The highest BCUT2D eigenvalue weighted by Crippen LogP contribution is 2.40. The Morgan fingerprint density at radius 1 is 1.23 bits per heavy atom. The van der Waals surface area contributed by atoms with Gasteiger partial charge in [0.05, 0.1) is 11.3 Å². The Balaban J connectivity index is 1.98. The van der Waals surface area contributed by atoms with Crippen LogP contribution >= 0.6 is 22.9 Å². The predicted molar refractivity (Wildman–Crippen MR) is 92.0 cm³/mol. The van der Waals surface area contributed by atoms with Gasteiger partial charge >= 0.3 is 0 Å². The monoisotopic (exact) mass is 331 g/mol. The quantitative estimate of drug-likeness (QED) is 0.590. The minimum Gasteiger partial charge on any atom is -0.233 e. The lowest BCUT2D eigenvalue weighted by molar-refractivity contribution is 0.699. The summed E-state index contributed by atoms with van der Waals surface area (Å²) in [7, 11) is 0. The third kappa shape index (κ3) is 2.09. The molecule has 0 bridgehead atoms. The first-order valence-electron chi connectivity index (χ1n) is 7.76. The Hall–Kier alpha value is -1.39. The van der Waals surface area contributed by atoms with Crippen LogP contribution in [0.5, 0.6) is 0 Å². The van der Waals surface area contributed by atoms with Gasteiger partial charge in [0.25, 0.3) is 0 Å². The Kier molecular flexibility index (Phi) is 3.46. The number of hydrogen-bond donors (Lipinski definition) is 0. The summed E-state index contributed by atoms with van der Waals surface area (Å²) in [6.07, 6.45) is 5.01. The second-order valence-corrected chi connectivity index (χ2v) is 7.36. The topological polar surface area (TPSA) is 30.2 Å². The number of thiophene rings is 1. The Labute approximate surface area is 139 Å². The van der Waals surface area contributed by atoms with Crippen LogP contribution in [0, 0.1) is 13.8 Å². The SMILES string of the molecule is Cc1nc2c(-c3cccs3)c(C)nn2c(Cl)c1C1CCCC1. The number of rotatable bonds is 2. The zero-order valence-corrected chi connectivity index (χ0v) is 14.3. The van der Waals surface area contributed by atoms with Crippen molar-refractivity contribution in [2.24, 2.45) is 0 Å². The molecule has 0 atom stereocenters. The smallest absolute Gasteiger partial charge is 0.165 e. The van der Waals surface area contributed by atoms with E-state index in [0.29, 0.717) is 5.92 Å². The number of aryl methyl sites for hydroxylation is 2. The lowest BCUT2D eigenvalue weighted by Gasteiger charge is -2.15. The van der Waals surface area contributed by atoms with Crippen LogP contribution in [0.3, 0.4) is 0 Å². The van der Waals surface area contributed by atoms with E-state index in [4.69, 9.17) is 16.6 Å². The van der Waals surface area contributed by atoms with Gasteiger partial charge in [-0.2, -0.15) is 5.10 Å². The highest BCUT2D eigenvalue weighted by atomic mass is 35.5. The molecule has 5 heteroatoms. The summed E-state index contributed by atoms with van der Waals surface area (Å²) in [5.74, 6) is 0.541. The fourth-order valence-electron chi connectivity index (χ4n) is 3.63. The Bertz CT molecular complexity index is 830. The molecule has 3 nitrogen and oxygen atoms in total. The van der Waals surface area contributed by atoms with E-state index < -0.39 is 0 Å². The molecule has 1 aliphatic rings. The van der Waals surface area contributed by atoms with E-state index in [-0.39, 0.29) is 0 Å². The van der Waals surface area contributed by atoms with Crippen molar-refractivity contribution in [3.63, 3.8) is 0 Å². The van der Waals surface area contributed by atoms with Crippen molar-refractivity contribution in [2.45, 2.75) is 45.4 Å². The number of halogens is 1. The lowest BCUT2D eigenvalue weighted by atomic mass is 9.98. The van der Waals surface area contributed by atoms with Crippen molar-refractivity contribution < 1.29 is 0 Å².